The third-order valence-corrected chi connectivity index (χ3v) is 3.23. The van der Waals surface area contributed by atoms with E-state index in [1.165, 1.54) is 17.4 Å². The topological polar surface area (TPSA) is 98.3 Å². The van der Waals surface area contributed by atoms with Crippen LogP contribution < -0.4 is 5.32 Å². The molecule has 1 N–H and O–H groups in total. The number of hydrogen-bond donors (Lipinski definition) is 1. The summed E-state index contributed by atoms with van der Waals surface area (Å²) < 4.78 is 4.78. The summed E-state index contributed by atoms with van der Waals surface area (Å²) in [5.74, 6) is -1.14. The summed E-state index contributed by atoms with van der Waals surface area (Å²) in [4.78, 5) is 26.5. The van der Waals surface area contributed by atoms with Crippen molar-refractivity contribution in [2.75, 3.05) is 5.32 Å². The molecule has 0 spiro atoms. The van der Waals surface area contributed by atoms with E-state index in [9.17, 15) is 14.9 Å². The van der Waals surface area contributed by atoms with Gasteiger partial charge in [-0.25, -0.2) is 4.98 Å². The first-order valence-electron chi connectivity index (χ1n) is 4.97. The largest absolute Gasteiger partial charge is 0.433 e. The zero-order chi connectivity index (χ0) is 13.3. The highest BCUT2D eigenvalue weighted by Gasteiger charge is 2.18. The predicted molar refractivity (Wildman–Crippen MR) is 64.9 cm³/mol. The summed E-state index contributed by atoms with van der Waals surface area (Å²) in [5, 5.41) is 13.4. The van der Waals surface area contributed by atoms with Crippen LogP contribution in [0.2, 0.25) is 0 Å². The first-order valence-corrected chi connectivity index (χ1v) is 5.78. The number of anilines is 1. The zero-order valence-corrected chi connectivity index (χ0v) is 10.4. The molecule has 2 rings (SSSR count). The maximum Gasteiger partial charge on any atom is 0.433 e. The average Bonchev–Trinajstić information content (AvgIpc) is 2.87. The maximum absolute atomic E-state index is 11.7. The molecule has 0 saturated carbocycles. The molecule has 8 heteroatoms. The molecule has 18 heavy (non-hydrogen) atoms. The Hall–Kier alpha value is -2.22. The third kappa shape index (κ3) is 2.38. The molecular weight excluding hydrogens is 258 g/mol. The van der Waals surface area contributed by atoms with Crippen molar-refractivity contribution in [3.63, 3.8) is 0 Å². The molecule has 0 aromatic carbocycles. The van der Waals surface area contributed by atoms with E-state index in [4.69, 9.17) is 4.42 Å². The summed E-state index contributed by atoms with van der Waals surface area (Å²) >= 11 is 1.33. The van der Waals surface area contributed by atoms with Crippen LogP contribution in [0.5, 0.6) is 0 Å². The van der Waals surface area contributed by atoms with Crippen molar-refractivity contribution in [1.29, 1.82) is 0 Å². The molecule has 0 bridgehead atoms. The van der Waals surface area contributed by atoms with Crippen molar-refractivity contribution in [3.05, 3.63) is 38.6 Å². The molecule has 2 aromatic heterocycles. The molecule has 0 unspecified atom stereocenters. The zero-order valence-electron chi connectivity index (χ0n) is 9.59. The molecule has 0 aliphatic rings. The molecule has 7 nitrogen and oxygen atoms in total. The summed E-state index contributed by atoms with van der Waals surface area (Å²) in [6, 6.07) is 2.38. The van der Waals surface area contributed by atoms with Crippen molar-refractivity contribution >= 4 is 28.3 Å². The van der Waals surface area contributed by atoms with Gasteiger partial charge in [0.2, 0.25) is 0 Å². The number of carbonyl (C=O) groups excluding carboxylic acids is 1. The summed E-state index contributed by atoms with van der Waals surface area (Å²) in [6.45, 7) is 3.72. The average molecular weight is 267 g/mol. The lowest BCUT2D eigenvalue weighted by atomic mass is 10.4. The van der Waals surface area contributed by atoms with Gasteiger partial charge in [-0.05, 0) is 19.9 Å². The van der Waals surface area contributed by atoms with Crippen LogP contribution in [0.1, 0.15) is 21.1 Å². The van der Waals surface area contributed by atoms with E-state index in [2.05, 4.69) is 10.3 Å². The van der Waals surface area contributed by atoms with Crippen molar-refractivity contribution in [3.8, 4) is 0 Å². The first-order chi connectivity index (χ1) is 8.47. The fraction of sp³-hybridized carbons (Fsp3) is 0.200. The number of nitro groups is 1. The molecule has 0 atom stereocenters. The number of aryl methyl sites for hydroxylation is 2. The Balaban J connectivity index is 2.14. The number of hydrogen-bond acceptors (Lipinski definition) is 6. The highest BCUT2D eigenvalue weighted by molar-refractivity contribution is 7.15. The van der Waals surface area contributed by atoms with Crippen LogP contribution in [0, 0.1) is 24.0 Å². The van der Waals surface area contributed by atoms with Crippen LogP contribution in [0.4, 0.5) is 11.0 Å². The smallest absolute Gasteiger partial charge is 0.395 e. The minimum atomic E-state index is -0.700. The molecule has 94 valence electrons. The van der Waals surface area contributed by atoms with Gasteiger partial charge in [-0.3, -0.25) is 20.2 Å². The SMILES string of the molecule is Cc1nc(NC(=O)c2ccc([N+](=O)[O-])o2)sc1C. The van der Waals surface area contributed by atoms with Gasteiger partial charge < -0.3 is 4.42 Å². The van der Waals surface area contributed by atoms with Crippen LogP contribution in [0.3, 0.4) is 0 Å². The number of nitrogens with one attached hydrogen (secondary N) is 1. The van der Waals surface area contributed by atoms with Gasteiger partial charge in [-0.2, -0.15) is 0 Å². The number of rotatable bonds is 3. The Bertz CT molecular complexity index is 597. The lowest BCUT2D eigenvalue weighted by Gasteiger charge is -1.96. The number of carbonyl (C=O) groups is 1. The van der Waals surface area contributed by atoms with Crippen molar-refractivity contribution < 1.29 is 14.1 Å². The second-order valence-electron chi connectivity index (χ2n) is 3.51. The Morgan fingerprint density at radius 2 is 2.22 bits per heavy atom. The number of nitrogens with zero attached hydrogens (tertiary/aromatic N) is 2. The van der Waals surface area contributed by atoms with Gasteiger partial charge in [0, 0.05) is 4.88 Å². The Morgan fingerprint density at radius 1 is 1.50 bits per heavy atom. The number of aromatic nitrogens is 1. The van der Waals surface area contributed by atoms with E-state index < -0.39 is 16.7 Å². The molecule has 2 aromatic rings. The van der Waals surface area contributed by atoms with Crippen molar-refractivity contribution in [2.24, 2.45) is 0 Å². The molecule has 0 saturated heterocycles. The second kappa shape index (κ2) is 4.57. The predicted octanol–water partition coefficient (Wildman–Crippen LogP) is 2.51. The quantitative estimate of drug-likeness (QED) is 0.680. The fourth-order valence-electron chi connectivity index (χ4n) is 1.23. The molecular formula is C10H9N3O4S. The van der Waals surface area contributed by atoms with Gasteiger partial charge in [0.25, 0.3) is 5.91 Å². The fourth-order valence-corrected chi connectivity index (χ4v) is 2.04. The number of amides is 1. The number of furan rings is 1. The number of thiazole rings is 1. The van der Waals surface area contributed by atoms with E-state index in [1.54, 1.807) is 0 Å². The van der Waals surface area contributed by atoms with Gasteiger partial charge in [-0.15, -0.1) is 11.3 Å². The van der Waals surface area contributed by atoms with Crippen LogP contribution in [0.15, 0.2) is 16.5 Å². The molecule has 0 aliphatic heterocycles. The van der Waals surface area contributed by atoms with Gasteiger partial charge in [-0.1, -0.05) is 0 Å². The van der Waals surface area contributed by atoms with Crippen molar-refractivity contribution in [2.45, 2.75) is 13.8 Å². The Kier molecular flexibility index (Phi) is 3.11. The first kappa shape index (κ1) is 12.2. The molecule has 0 aliphatic carbocycles. The molecule has 1 amide bonds. The minimum absolute atomic E-state index is 0.118. The van der Waals surface area contributed by atoms with Crippen LogP contribution in [-0.4, -0.2) is 15.8 Å². The minimum Gasteiger partial charge on any atom is -0.395 e. The standard InChI is InChI=1S/C10H9N3O4S/c1-5-6(2)18-10(11-5)12-9(14)7-3-4-8(17-7)13(15)16/h3-4H,1-2H3,(H,11,12,14). The van der Waals surface area contributed by atoms with E-state index in [0.29, 0.717) is 5.13 Å². The van der Waals surface area contributed by atoms with Crippen LogP contribution >= 0.6 is 11.3 Å². The lowest BCUT2D eigenvalue weighted by molar-refractivity contribution is -0.402. The van der Waals surface area contributed by atoms with Gasteiger partial charge in [0.05, 0.1) is 11.8 Å². The highest BCUT2D eigenvalue weighted by Crippen LogP contribution is 2.22. The van der Waals surface area contributed by atoms with Crippen LogP contribution in [-0.2, 0) is 0 Å². The summed E-state index contributed by atoms with van der Waals surface area (Å²) in [6.07, 6.45) is 0. The Labute approximate surface area is 106 Å². The van der Waals surface area contributed by atoms with Crippen molar-refractivity contribution in [1.82, 2.24) is 4.98 Å². The van der Waals surface area contributed by atoms with E-state index in [-0.39, 0.29) is 5.76 Å². The lowest BCUT2D eigenvalue weighted by Crippen LogP contribution is -2.10. The van der Waals surface area contributed by atoms with E-state index >= 15 is 0 Å². The second-order valence-corrected chi connectivity index (χ2v) is 4.71. The van der Waals surface area contributed by atoms with Crippen LogP contribution in [0.25, 0.3) is 0 Å². The molecule has 2 heterocycles. The third-order valence-electron chi connectivity index (χ3n) is 2.24. The Morgan fingerprint density at radius 3 is 2.72 bits per heavy atom. The highest BCUT2D eigenvalue weighted by atomic mass is 32.1. The molecule has 0 radical (unpaired) electrons. The summed E-state index contributed by atoms with van der Waals surface area (Å²) in [7, 11) is 0. The van der Waals surface area contributed by atoms with E-state index in [1.807, 2.05) is 13.8 Å². The van der Waals surface area contributed by atoms with E-state index in [0.717, 1.165) is 16.6 Å². The van der Waals surface area contributed by atoms with Gasteiger partial charge in [0.15, 0.2) is 10.9 Å². The molecule has 0 fully saturated rings. The monoisotopic (exact) mass is 267 g/mol. The maximum atomic E-state index is 11.7. The van der Waals surface area contributed by atoms with Gasteiger partial charge in [0.1, 0.15) is 4.92 Å². The van der Waals surface area contributed by atoms with Gasteiger partial charge >= 0.3 is 5.88 Å². The summed E-state index contributed by atoms with van der Waals surface area (Å²) in [5.41, 5.74) is 0.834. The normalized spacial score (nSPS) is 10.3.